The topological polar surface area (TPSA) is 29.5 Å². The minimum Gasteiger partial charge on any atom is -0.272 e. The van der Waals surface area contributed by atoms with E-state index >= 15 is 0 Å². The Bertz CT molecular complexity index is 712. The summed E-state index contributed by atoms with van der Waals surface area (Å²) in [6.07, 6.45) is 0.900. The van der Waals surface area contributed by atoms with E-state index in [-0.39, 0.29) is 11.3 Å². The first kappa shape index (κ1) is 13.5. The van der Waals surface area contributed by atoms with Crippen LogP contribution in [0.1, 0.15) is 36.0 Å². The number of carbonyl (C=O) groups excluding carboxylic acids is 1. The number of hydrogen-bond acceptors (Lipinski definition) is 2. The normalized spacial score (nSPS) is 26.4. The van der Waals surface area contributed by atoms with Crippen molar-refractivity contribution in [1.82, 2.24) is 5.06 Å². The molecule has 22 heavy (non-hydrogen) atoms. The lowest BCUT2D eigenvalue weighted by atomic mass is 9.99. The minimum atomic E-state index is -0.326. The van der Waals surface area contributed by atoms with Gasteiger partial charge in [-0.05, 0) is 29.0 Å². The maximum atomic E-state index is 12.9. The maximum Gasteiger partial charge on any atom is 0.253 e. The molecule has 0 saturated heterocycles. The fourth-order valence-electron chi connectivity index (χ4n) is 3.39. The number of fused-ring (bicyclic) bond motifs is 1. The van der Waals surface area contributed by atoms with E-state index in [1.807, 2.05) is 30.3 Å². The van der Waals surface area contributed by atoms with Crippen molar-refractivity contribution < 1.29 is 9.63 Å². The van der Waals surface area contributed by atoms with Crippen LogP contribution in [0.3, 0.4) is 0 Å². The molecule has 1 amide bonds. The lowest BCUT2D eigenvalue weighted by molar-refractivity contribution is -0.206. The number of benzene rings is 2. The fraction of sp³-hybridized carbons (Fsp3) is 0.316. The Hall–Kier alpha value is -2.13. The van der Waals surface area contributed by atoms with Gasteiger partial charge in [0, 0.05) is 0 Å². The molecule has 2 aromatic rings. The summed E-state index contributed by atoms with van der Waals surface area (Å²) in [5.74, 6) is 0.415. The first-order chi connectivity index (χ1) is 10.7. The Kier molecular flexibility index (Phi) is 3.05. The molecule has 0 spiro atoms. The molecule has 1 aliphatic heterocycles. The number of carbonyl (C=O) groups is 1. The van der Waals surface area contributed by atoms with Crippen LogP contribution < -0.4 is 0 Å². The van der Waals surface area contributed by atoms with Gasteiger partial charge in [0.1, 0.15) is 6.61 Å². The lowest BCUT2D eigenvalue weighted by Crippen LogP contribution is -2.38. The third-order valence-electron chi connectivity index (χ3n) is 4.96. The molecule has 0 radical (unpaired) electrons. The van der Waals surface area contributed by atoms with Crippen molar-refractivity contribution in [3.8, 4) is 0 Å². The number of hydroxylamine groups is 2. The number of hydrogen-bond donors (Lipinski definition) is 0. The first-order valence-corrected chi connectivity index (χ1v) is 7.75. The fourth-order valence-corrected chi connectivity index (χ4v) is 3.39. The molecular weight excluding hydrogens is 274 g/mol. The standard InChI is InChI=1S/C19H19NO2/c1-19(11-17(19)14-7-3-2-4-8-14)18(21)20-12-15-9-5-6-10-16(15)13-22-20/h2-10,17H,11-13H2,1H3/t17-,19-/m1/s1. The van der Waals surface area contributed by atoms with Crippen molar-refractivity contribution in [3.63, 3.8) is 0 Å². The molecule has 2 atom stereocenters. The monoisotopic (exact) mass is 293 g/mol. The molecule has 3 heteroatoms. The molecule has 2 aliphatic rings. The van der Waals surface area contributed by atoms with E-state index in [9.17, 15) is 4.79 Å². The van der Waals surface area contributed by atoms with Crippen LogP contribution in [0.25, 0.3) is 0 Å². The zero-order chi connectivity index (χ0) is 15.2. The molecule has 4 rings (SSSR count). The molecule has 1 aliphatic carbocycles. The van der Waals surface area contributed by atoms with Crippen LogP contribution >= 0.6 is 0 Å². The van der Waals surface area contributed by atoms with E-state index in [4.69, 9.17) is 4.84 Å². The van der Waals surface area contributed by atoms with Crippen LogP contribution in [-0.4, -0.2) is 11.0 Å². The SMILES string of the molecule is C[C@@]1(C(=O)N2Cc3ccccc3CO2)C[C@@H]1c1ccccc1. The molecule has 0 unspecified atom stereocenters. The van der Waals surface area contributed by atoms with Crippen LogP contribution in [0.2, 0.25) is 0 Å². The van der Waals surface area contributed by atoms with E-state index in [0.717, 1.165) is 6.42 Å². The minimum absolute atomic E-state index is 0.107. The summed E-state index contributed by atoms with van der Waals surface area (Å²) < 4.78 is 0. The van der Waals surface area contributed by atoms with Gasteiger partial charge in [-0.25, -0.2) is 5.06 Å². The highest BCUT2D eigenvalue weighted by molar-refractivity contribution is 5.86. The highest BCUT2D eigenvalue weighted by Crippen LogP contribution is 2.60. The van der Waals surface area contributed by atoms with Crippen molar-refractivity contribution >= 4 is 5.91 Å². The van der Waals surface area contributed by atoms with Crippen LogP contribution in [0.15, 0.2) is 54.6 Å². The maximum absolute atomic E-state index is 12.9. The molecule has 1 heterocycles. The summed E-state index contributed by atoms with van der Waals surface area (Å²) in [6, 6.07) is 18.4. The van der Waals surface area contributed by atoms with Gasteiger partial charge in [-0.1, -0.05) is 61.5 Å². The lowest BCUT2D eigenvalue weighted by Gasteiger charge is -2.30. The molecule has 1 fully saturated rings. The Morgan fingerprint density at radius 2 is 1.77 bits per heavy atom. The third kappa shape index (κ3) is 2.13. The second-order valence-corrected chi connectivity index (χ2v) is 6.47. The molecule has 0 bridgehead atoms. The quantitative estimate of drug-likeness (QED) is 0.846. The van der Waals surface area contributed by atoms with Gasteiger partial charge in [-0.2, -0.15) is 0 Å². The Morgan fingerprint density at radius 1 is 1.09 bits per heavy atom. The summed E-state index contributed by atoms with van der Waals surface area (Å²) in [6.45, 7) is 3.08. The van der Waals surface area contributed by atoms with Crippen molar-refractivity contribution in [2.75, 3.05) is 0 Å². The Balaban J connectivity index is 1.52. The molecule has 1 saturated carbocycles. The summed E-state index contributed by atoms with van der Waals surface area (Å²) in [5.41, 5.74) is 3.28. The number of nitrogens with zero attached hydrogens (tertiary/aromatic N) is 1. The number of amides is 1. The third-order valence-corrected chi connectivity index (χ3v) is 4.96. The average molecular weight is 293 g/mol. The van der Waals surface area contributed by atoms with E-state index in [1.54, 1.807) is 5.06 Å². The van der Waals surface area contributed by atoms with Gasteiger partial charge >= 0.3 is 0 Å². The zero-order valence-electron chi connectivity index (χ0n) is 12.7. The Labute approximate surface area is 130 Å². The molecule has 0 aromatic heterocycles. The van der Waals surface area contributed by atoms with Gasteiger partial charge in [0.2, 0.25) is 0 Å². The predicted molar refractivity (Wildman–Crippen MR) is 83.7 cm³/mol. The van der Waals surface area contributed by atoms with Crippen LogP contribution in [-0.2, 0) is 22.8 Å². The second kappa shape index (κ2) is 4.96. The van der Waals surface area contributed by atoms with Gasteiger partial charge in [0.25, 0.3) is 5.91 Å². The van der Waals surface area contributed by atoms with E-state index in [2.05, 4.69) is 31.2 Å². The van der Waals surface area contributed by atoms with E-state index < -0.39 is 0 Å². The van der Waals surface area contributed by atoms with E-state index in [1.165, 1.54) is 16.7 Å². The zero-order valence-corrected chi connectivity index (χ0v) is 12.7. The van der Waals surface area contributed by atoms with Crippen molar-refractivity contribution in [2.24, 2.45) is 5.41 Å². The molecule has 2 aromatic carbocycles. The van der Waals surface area contributed by atoms with Crippen LogP contribution in [0, 0.1) is 5.41 Å². The summed E-state index contributed by atoms with van der Waals surface area (Å²) in [7, 11) is 0. The number of rotatable bonds is 2. The Morgan fingerprint density at radius 3 is 2.55 bits per heavy atom. The van der Waals surface area contributed by atoms with Crippen molar-refractivity contribution in [1.29, 1.82) is 0 Å². The summed E-state index contributed by atoms with van der Waals surface area (Å²) >= 11 is 0. The second-order valence-electron chi connectivity index (χ2n) is 6.47. The smallest absolute Gasteiger partial charge is 0.253 e. The van der Waals surface area contributed by atoms with Gasteiger partial charge in [-0.15, -0.1) is 0 Å². The molecule has 0 N–H and O–H groups in total. The van der Waals surface area contributed by atoms with E-state index in [0.29, 0.717) is 19.1 Å². The van der Waals surface area contributed by atoms with Crippen LogP contribution in [0.4, 0.5) is 0 Å². The van der Waals surface area contributed by atoms with Gasteiger partial charge in [0.05, 0.1) is 12.0 Å². The molecule has 112 valence electrons. The van der Waals surface area contributed by atoms with Crippen LogP contribution in [0.5, 0.6) is 0 Å². The predicted octanol–water partition coefficient (Wildman–Crippen LogP) is 3.65. The van der Waals surface area contributed by atoms with Gasteiger partial charge in [0.15, 0.2) is 0 Å². The first-order valence-electron chi connectivity index (χ1n) is 7.75. The molecule has 3 nitrogen and oxygen atoms in total. The van der Waals surface area contributed by atoms with Gasteiger partial charge in [-0.3, -0.25) is 9.63 Å². The average Bonchev–Trinajstić information content (AvgIpc) is 3.28. The largest absolute Gasteiger partial charge is 0.272 e. The molecular formula is C19H19NO2. The summed E-state index contributed by atoms with van der Waals surface area (Å²) in [5, 5.41) is 1.56. The highest BCUT2D eigenvalue weighted by atomic mass is 16.7. The summed E-state index contributed by atoms with van der Waals surface area (Å²) in [4.78, 5) is 18.6. The highest BCUT2D eigenvalue weighted by Gasteiger charge is 2.58. The van der Waals surface area contributed by atoms with Gasteiger partial charge < -0.3 is 0 Å². The van der Waals surface area contributed by atoms with Crippen molar-refractivity contribution in [2.45, 2.75) is 32.4 Å². The van der Waals surface area contributed by atoms with Crippen molar-refractivity contribution in [3.05, 3.63) is 71.3 Å².